The Hall–Kier alpha value is 0.440. The molecule has 0 aromatic heterocycles. The zero-order chi connectivity index (χ0) is 7.99. The minimum absolute atomic E-state index is 0.00347. The third kappa shape index (κ3) is 1.54. The topological polar surface area (TPSA) is 9.23 Å². The molecule has 0 N–H and O–H groups in total. The first kappa shape index (κ1) is 8.54. The standard InChI is InChI=1S/C8H15BrO/c1-7(2)5-6(9)8(3,4)10-7/h6H,5H2,1-4H3. The molecular weight excluding hydrogens is 192 g/mol. The molecule has 0 spiro atoms. The van der Waals surface area contributed by atoms with E-state index in [0.717, 1.165) is 6.42 Å². The minimum atomic E-state index is 0.00347. The normalized spacial score (nSPS) is 36.3. The molecule has 1 aliphatic rings. The van der Waals surface area contributed by atoms with Crippen LogP contribution in [0.15, 0.2) is 0 Å². The van der Waals surface area contributed by atoms with Gasteiger partial charge in [-0.05, 0) is 34.1 Å². The summed E-state index contributed by atoms with van der Waals surface area (Å²) in [7, 11) is 0. The maximum atomic E-state index is 5.80. The van der Waals surface area contributed by atoms with Crippen LogP contribution in [0, 0.1) is 0 Å². The summed E-state index contributed by atoms with van der Waals surface area (Å²) in [6.07, 6.45) is 1.10. The SMILES string of the molecule is CC1(C)CC(Br)C(C)(C)O1. The van der Waals surface area contributed by atoms with Crippen molar-refractivity contribution in [1.29, 1.82) is 0 Å². The Morgan fingerprint density at radius 1 is 1.30 bits per heavy atom. The summed E-state index contributed by atoms with van der Waals surface area (Å²) in [5.41, 5.74) is 0.0567. The van der Waals surface area contributed by atoms with Crippen molar-refractivity contribution in [3.8, 4) is 0 Å². The van der Waals surface area contributed by atoms with Gasteiger partial charge in [0.25, 0.3) is 0 Å². The second-order valence-electron chi connectivity index (χ2n) is 4.14. The third-order valence-electron chi connectivity index (χ3n) is 1.96. The van der Waals surface area contributed by atoms with Crippen molar-refractivity contribution >= 4 is 15.9 Å². The molecule has 2 heteroatoms. The number of ether oxygens (including phenoxy) is 1. The quantitative estimate of drug-likeness (QED) is 0.555. The number of alkyl halides is 1. The maximum Gasteiger partial charge on any atom is 0.0759 e. The van der Waals surface area contributed by atoms with Gasteiger partial charge in [-0.1, -0.05) is 15.9 Å². The zero-order valence-electron chi connectivity index (χ0n) is 7.07. The molecule has 0 radical (unpaired) electrons. The molecule has 1 aliphatic heterocycles. The van der Waals surface area contributed by atoms with Crippen molar-refractivity contribution in [2.45, 2.75) is 50.1 Å². The van der Waals surface area contributed by atoms with E-state index in [9.17, 15) is 0 Å². The maximum absolute atomic E-state index is 5.80. The van der Waals surface area contributed by atoms with E-state index in [1.807, 2.05) is 0 Å². The van der Waals surface area contributed by atoms with E-state index in [1.165, 1.54) is 0 Å². The molecule has 0 aromatic rings. The van der Waals surface area contributed by atoms with E-state index in [2.05, 4.69) is 43.6 Å². The Morgan fingerprint density at radius 2 is 1.80 bits per heavy atom. The van der Waals surface area contributed by atoms with E-state index in [-0.39, 0.29) is 11.2 Å². The molecular formula is C8H15BrO. The molecule has 0 bridgehead atoms. The van der Waals surface area contributed by atoms with Crippen LogP contribution in [-0.2, 0) is 4.74 Å². The Morgan fingerprint density at radius 3 is 1.90 bits per heavy atom. The van der Waals surface area contributed by atoms with Gasteiger partial charge in [0, 0.05) is 4.83 Å². The van der Waals surface area contributed by atoms with Crippen LogP contribution in [0.4, 0.5) is 0 Å². The fraction of sp³-hybridized carbons (Fsp3) is 1.00. The number of hydrogen-bond donors (Lipinski definition) is 0. The van der Waals surface area contributed by atoms with E-state index in [0.29, 0.717) is 4.83 Å². The fourth-order valence-electron chi connectivity index (χ4n) is 1.50. The highest BCUT2D eigenvalue weighted by molar-refractivity contribution is 9.09. The lowest BCUT2D eigenvalue weighted by Crippen LogP contribution is -2.29. The van der Waals surface area contributed by atoms with Crippen LogP contribution >= 0.6 is 15.9 Å². The lowest BCUT2D eigenvalue weighted by Gasteiger charge is -2.24. The van der Waals surface area contributed by atoms with Gasteiger partial charge in [-0.3, -0.25) is 0 Å². The molecule has 60 valence electrons. The minimum Gasteiger partial charge on any atom is -0.368 e. The zero-order valence-corrected chi connectivity index (χ0v) is 8.66. The predicted octanol–water partition coefficient (Wildman–Crippen LogP) is 2.73. The summed E-state index contributed by atoms with van der Waals surface area (Å²) in [6.45, 7) is 8.52. The van der Waals surface area contributed by atoms with Crippen LogP contribution in [-0.4, -0.2) is 16.0 Å². The molecule has 1 heterocycles. The van der Waals surface area contributed by atoms with E-state index in [4.69, 9.17) is 4.74 Å². The van der Waals surface area contributed by atoms with Crippen LogP contribution in [0.3, 0.4) is 0 Å². The lowest BCUT2D eigenvalue weighted by atomic mass is 10.0. The van der Waals surface area contributed by atoms with Crippen molar-refractivity contribution in [3.05, 3.63) is 0 Å². The Kier molecular flexibility index (Phi) is 1.89. The van der Waals surface area contributed by atoms with Crippen molar-refractivity contribution in [2.24, 2.45) is 0 Å². The van der Waals surface area contributed by atoms with Gasteiger partial charge in [-0.15, -0.1) is 0 Å². The van der Waals surface area contributed by atoms with Crippen molar-refractivity contribution in [3.63, 3.8) is 0 Å². The summed E-state index contributed by atoms with van der Waals surface area (Å²) in [5.74, 6) is 0. The first-order chi connectivity index (χ1) is 4.33. The van der Waals surface area contributed by atoms with Crippen LogP contribution < -0.4 is 0 Å². The average Bonchev–Trinajstić information content (AvgIpc) is 1.73. The van der Waals surface area contributed by atoms with E-state index >= 15 is 0 Å². The number of halogens is 1. The highest BCUT2D eigenvalue weighted by atomic mass is 79.9. The monoisotopic (exact) mass is 206 g/mol. The van der Waals surface area contributed by atoms with Gasteiger partial charge in [-0.25, -0.2) is 0 Å². The van der Waals surface area contributed by atoms with Gasteiger partial charge in [-0.2, -0.15) is 0 Å². The largest absolute Gasteiger partial charge is 0.368 e. The summed E-state index contributed by atoms with van der Waals surface area (Å²) < 4.78 is 5.80. The fourth-order valence-corrected chi connectivity index (χ4v) is 2.37. The molecule has 0 aromatic carbocycles. The Labute approximate surface area is 71.3 Å². The van der Waals surface area contributed by atoms with Crippen LogP contribution in [0.1, 0.15) is 34.1 Å². The molecule has 1 fully saturated rings. The van der Waals surface area contributed by atoms with Gasteiger partial charge in [0.2, 0.25) is 0 Å². The summed E-state index contributed by atoms with van der Waals surface area (Å²) in [4.78, 5) is 0.495. The molecule has 0 amide bonds. The van der Waals surface area contributed by atoms with Crippen molar-refractivity contribution in [2.75, 3.05) is 0 Å². The third-order valence-corrected chi connectivity index (χ3v) is 3.39. The van der Waals surface area contributed by atoms with Crippen LogP contribution in [0.2, 0.25) is 0 Å². The van der Waals surface area contributed by atoms with Gasteiger partial charge < -0.3 is 4.74 Å². The molecule has 0 saturated carbocycles. The number of hydrogen-bond acceptors (Lipinski definition) is 1. The second kappa shape index (κ2) is 2.21. The van der Waals surface area contributed by atoms with Crippen molar-refractivity contribution < 1.29 is 4.74 Å². The molecule has 1 unspecified atom stereocenters. The number of rotatable bonds is 0. The van der Waals surface area contributed by atoms with E-state index < -0.39 is 0 Å². The van der Waals surface area contributed by atoms with Gasteiger partial charge in [0.05, 0.1) is 11.2 Å². The Bertz CT molecular complexity index is 140. The highest BCUT2D eigenvalue weighted by Crippen LogP contribution is 2.41. The van der Waals surface area contributed by atoms with Gasteiger partial charge >= 0.3 is 0 Å². The molecule has 10 heavy (non-hydrogen) atoms. The van der Waals surface area contributed by atoms with Gasteiger partial charge in [0.1, 0.15) is 0 Å². The van der Waals surface area contributed by atoms with Crippen molar-refractivity contribution in [1.82, 2.24) is 0 Å². The van der Waals surface area contributed by atoms with Crippen LogP contribution in [0.5, 0.6) is 0 Å². The molecule has 0 aliphatic carbocycles. The highest BCUT2D eigenvalue weighted by Gasteiger charge is 2.44. The molecule has 1 nitrogen and oxygen atoms in total. The summed E-state index contributed by atoms with van der Waals surface area (Å²) in [6, 6.07) is 0. The van der Waals surface area contributed by atoms with E-state index in [1.54, 1.807) is 0 Å². The average molecular weight is 207 g/mol. The predicted molar refractivity (Wildman–Crippen MR) is 46.6 cm³/mol. The summed E-state index contributed by atoms with van der Waals surface area (Å²) >= 11 is 3.61. The Balaban J connectivity index is 2.71. The first-order valence-electron chi connectivity index (χ1n) is 3.68. The smallest absolute Gasteiger partial charge is 0.0759 e. The molecule has 1 rings (SSSR count). The summed E-state index contributed by atoms with van der Waals surface area (Å²) in [5, 5.41) is 0. The second-order valence-corrected chi connectivity index (χ2v) is 5.24. The molecule has 1 saturated heterocycles. The molecule has 1 atom stereocenters. The first-order valence-corrected chi connectivity index (χ1v) is 4.59. The lowest BCUT2D eigenvalue weighted by molar-refractivity contribution is -0.0628. The van der Waals surface area contributed by atoms with Crippen LogP contribution in [0.25, 0.3) is 0 Å². The van der Waals surface area contributed by atoms with Gasteiger partial charge in [0.15, 0.2) is 0 Å².